The van der Waals surface area contributed by atoms with Crippen LogP contribution in [0.2, 0.25) is 0 Å². The predicted molar refractivity (Wildman–Crippen MR) is 462 cm³/mol. The Morgan fingerprint density at radius 3 is 1.07 bits per heavy atom. The van der Waals surface area contributed by atoms with Crippen LogP contribution in [-0.4, -0.2) is 31.6 Å². The van der Waals surface area contributed by atoms with Gasteiger partial charge in [-0.1, -0.05) is 341 Å². The topological polar surface area (TPSA) is 132 Å². The fourth-order valence-electron chi connectivity index (χ4n) is 11.9. The molecule has 0 atom stereocenters. The molecule has 1 aromatic heterocycles. The lowest BCUT2D eigenvalue weighted by atomic mass is 9.81. The molecule has 16 aromatic rings. The Balaban J connectivity index is 0.000000127. The van der Waals surface area contributed by atoms with Crippen molar-refractivity contribution in [1.82, 2.24) is 4.57 Å². The van der Waals surface area contributed by atoms with E-state index in [0.29, 0.717) is 15.5 Å². The maximum Gasteiger partial charge on any atom is 0.488 e. The largest absolute Gasteiger partial charge is 0.488 e. The molecule has 0 unspecified atom stereocenters. The molecular formula is C91H69BBr3IN3O6P. The normalized spacial score (nSPS) is 10.6. The van der Waals surface area contributed by atoms with Gasteiger partial charge in [0.1, 0.15) is 0 Å². The lowest BCUT2D eigenvalue weighted by molar-refractivity contribution is -0.385. The van der Waals surface area contributed by atoms with Crippen LogP contribution >= 0.6 is 78.3 Å². The molecule has 0 saturated carbocycles. The molecule has 0 aliphatic heterocycles. The number of hydrogen-bond acceptors (Lipinski definition) is 6. The van der Waals surface area contributed by atoms with Crippen molar-refractivity contribution in [2.45, 2.75) is 6.42 Å². The van der Waals surface area contributed by atoms with Gasteiger partial charge in [0.05, 0.1) is 30.9 Å². The molecule has 0 radical (unpaired) electrons. The molecule has 2 N–H and O–H groups in total. The van der Waals surface area contributed by atoms with Crippen molar-refractivity contribution in [3.8, 4) is 50.2 Å². The van der Waals surface area contributed by atoms with E-state index < -0.39 is 20.0 Å². The van der Waals surface area contributed by atoms with Crippen LogP contribution in [0.25, 0.3) is 72.0 Å². The number of benzene rings is 15. The van der Waals surface area contributed by atoms with Gasteiger partial charge in [0.15, 0.2) is 0 Å². The number of nitro benzene ring substituents is 2. The summed E-state index contributed by atoms with van der Waals surface area (Å²) in [6, 6.07) is 132. The van der Waals surface area contributed by atoms with Crippen LogP contribution in [-0.2, 0) is 6.42 Å². The van der Waals surface area contributed by atoms with E-state index in [1.54, 1.807) is 60.7 Å². The minimum absolute atomic E-state index is 0.0995. The number of fused-ring (bicyclic) bond motifs is 6. The molecule has 1 aliphatic carbocycles. The SMILES string of the molecule is Brc1ccc(-c2ccc(-n3c4ccccc4c4ccccc43)cc2)cc1.Brc1ccc(-c2ccc(I)cc2)cc1.O=[N+]([O-])c1ccccc1-c1ccccc1.O=[N+]([O-])c1ccccc1Br.OB(O)c1ccccc1.c1ccc(P(c2ccccc2)c2ccccc2)cc1.c1ccc2c(c1)Cc1ccccc1-2. The van der Waals surface area contributed by atoms with Crippen LogP contribution < -0.4 is 21.4 Å². The predicted octanol–water partition coefficient (Wildman–Crippen LogP) is 23.6. The van der Waals surface area contributed by atoms with Gasteiger partial charge in [-0.05, 0) is 197 Å². The summed E-state index contributed by atoms with van der Waals surface area (Å²) in [6.45, 7) is 0. The summed E-state index contributed by atoms with van der Waals surface area (Å²) in [5, 5.41) is 44.9. The van der Waals surface area contributed by atoms with E-state index in [-0.39, 0.29) is 16.3 Å². The first kappa shape index (κ1) is 76.6. The van der Waals surface area contributed by atoms with Gasteiger partial charge < -0.3 is 14.6 Å². The summed E-state index contributed by atoms with van der Waals surface area (Å²) in [5.74, 6) is 0. The van der Waals surface area contributed by atoms with E-state index in [4.69, 9.17) is 10.0 Å². The second kappa shape index (κ2) is 39.0. The van der Waals surface area contributed by atoms with Crippen LogP contribution in [0.4, 0.5) is 11.4 Å². The van der Waals surface area contributed by atoms with E-state index in [2.05, 4.69) is 360 Å². The van der Waals surface area contributed by atoms with Gasteiger partial charge in [-0.3, -0.25) is 20.2 Å². The number of nitrogens with zero attached hydrogens (tertiary/aromatic N) is 3. The number of halogens is 4. The van der Waals surface area contributed by atoms with Gasteiger partial charge in [0, 0.05) is 41.1 Å². The molecule has 0 saturated heterocycles. The standard InChI is InChI=1S/C24H16BrN.C18H15P.C13H10.C12H8BrI.C12H9NO2.C6H7BO2.C6H4BrNO2/c25-19-13-9-17(10-14-19)18-11-15-20(16-12-18)26-23-7-3-1-5-21(23)22-6-2-4-8-24(22)26;1-4-10-16(11-5-1)19(17-12-6-2-7-13-17)18-14-8-3-9-15-18;1-3-7-12-10(5-1)9-11-6-2-4-8-13(11)12;13-11-5-1-9(2-6-11)10-3-7-12(14)8-4-10;14-13(15)12-9-5-4-8-11(12)10-6-2-1-3-7-10;8-7(9)6-4-2-1-3-5-6;7-5-3-1-2-4-6(5)8(9)10/h1-16H;1-15H;1-8H,9H2;1-8H;1-9H;1-5,8-9H;1-4H. The summed E-state index contributed by atoms with van der Waals surface area (Å²) < 4.78 is 6.34. The van der Waals surface area contributed by atoms with Gasteiger partial charge in [-0.25, -0.2) is 0 Å². The Bertz CT molecular complexity index is 5230. The summed E-state index contributed by atoms with van der Waals surface area (Å²) in [7, 11) is -1.79. The van der Waals surface area contributed by atoms with Gasteiger partial charge in [-0.15, -0.1) is 0 Å². The Hall–Kier alpha value is -10.5. The number of nitro groups is 2. The fraction of sp³-hybridized carbons (Fsp3) is 0.0110. The fourth-order valence-corrected chi connectivity index (χ4v) is 15.5. The Labute approximate surface area is 658 Å². The molecule has 106 heavy (non-hydrogen) atoms. The zero-order valence-electron chi connectivity index (χ0n) is 57.1. The van der Waals surface area contributed by atoms with Crippen LogP contribution in [0.1, 0.15) is 11.1 Å². The number of hydrogen-bond donors (Lipinski definition) is 2. The Kier molecular flexibility index (Phi) is 28.2. The van der Waals surface area contributed by atoms with E-state index >= 15 is 0 Å². The van der Waals surface area contributed by atoms with Gasteiger partial charge >= 0.3 is 7.12 Å². The van der Waals surface area contributed by atoms with E-state index in [0.717, 1.165) is 20.9 Å². The number of rotatable bonds is 10. The zero-order chi connectivity index (χ0) is 74.0. The van der Waals surface area contributed by atoms with Crippen LogP contribution in [0.15, 0.2) is 408 Å². The molecule has 17 rings (SSSR count). The molecular weight excluding hydrogens is 1640 g/mol. The Morgan fingerprint density at radius 1 is 0.340 bits per heavy atom. The summed E-state index contributed by atoms with van der Waals surface area (Å²) in [4.78, 5) is 20.2. The molecule has 0 fully saturated rings. The van der Waals surface area contributed by atoms with E-state index in [1.807, 2.05) is 36.4 Å². The molecule has 15 aromatic carbocycles. The second-order valence-corrected chi connectivity index (χ2v) is 30.1. The van der Waals surface area contributed by atoms with Crippen molar-refractivity contribution in [2.75, 3.05) is 0 Å². The lowest BCUT2D eigenvalue weighted by Gasteiger charge is -2.18. The van der Waals surface area contributed by atoms with E-state index in [1.165, 1.54) is 104 Å². The average molecular weight is 1710 g/mol. The summed E-state index contributed by atoms with van der Waals surface area (Å²) in [5.41, 5.74) is 16.7. The Morgan fingerprint density at radius 2 is 0.670 bits per heavy atom. The van der Waals surface area contributed by atoms with Crippen LogP contribution in [0, 0.1) is 23.8 Å². The molecule has 9 nitrogen and oxygen atoms in total. The average Bonchev–Trinajstić information content (AvgIpc) is 1.60. The molecule has 15 heteroatoms. The highest BCUT2D eigenvalue weighted by atomic mass is 127. The third-order valence-corrected chi connectivity index (χ3v) is 21.9. The third kappa shape index (κ3) is 20.9. The minimum atomic E-state index is -1.34. The molecule has 0 amide bonds. The monoisotopic (exact) mass is 1710 g/mol. The lowest BCUT2D eigenvalue weighted by Crippen LogP contribution is -2.29. The van der Waals surface area contributed by atoms with Crippen molar-refractivity contribution in [2.24, 2.45) is 0 Å². The first-order chi connectivity index (χ1) is 51.8. The van der Waals surface area contributed by atoms with E-state index in [9.17, 15) is 20.2 Å². The second-order valence-electron chi connectivity index (χ2n) is 23.9. The van der Waals surface area contributed by atoms with Crippen molar-refractivity contribution in [1.29, 1.82) is 0 Å². The first-order valence-corrected chi connectivity index (χ1v) is 38.6. The van der Waals surface area contributed by atoms with Gasteiger partial charge in [0.25, 0.3) is 11.4 Å². The first-order valence-electron chi connectivity index (χ1n) is 33.8. The molecule has 0 bridgehead atoms. The summed E-state index contributed by atoms with van der Waals surface area (Å²) >= 11 is 12.3. The van der Waals surface area contributed by atoms with Crippen molar-refractivity contribution in [3.63, 3.8) is 0 Å². The van der Waals surface area contributed by atoms with Crippen LogP contribution in [0.5, 0.6) is 0 Å². The summed E-state index contributed by atoms with van der Waals surface area (Å²) in [6.07, 6.45) is 1.10. The van der Waals surface area contributed by atoms with Gasteiger partial charge in [-0.2, -0.15) is 0 Å². The van der Waals surface area contributed by atoms with Crippen molar-refractivity contribution >= 4 is 140 Å². The highest BCUT2D eigenvalue weighted by Crippen LogP contribution is 2.37. The highest BCUT2D eigenvalue weighted by molar-refractivity contribution is 14.1. The molecule has 1 aliphatic rings. The molecule has 1 heterocycles. The van der Waals surface area contributed by atoms with Gasteiger partial charge in [0.2, 0.25) is 0 Å². The maximum atomic E-state index is 10.8. The third-order valence-electron chi connectivity index (χ3n) is 17.0. The molecule has 520 valence electrons. The quantitative estimate of drug-likeness (QED) is 0.0461. The number of aromatic nitrogens is 1. The number of para-hydroxylation sites is 4. The highest BCUT2D eigenvalue weighted by Gasteiger charge is 2.19. The van der Waals surface area contributed by atoms with Crippen molar-refractivity contribution < 1.29 is 19.9 Å². The smallest absolute Gasteiger partial charge is 0.423 e. The zero-order valence-corrected chi connectivity index (χ0v) is 65.0. The minimum Gasteiger partial charge on any atom is -0.423 e. The molecule has 0 spiro atoms. The van der Waals surface area contributed by atoms with Crippen molar-refractivity contribution in [3.05, 3.63) is 443 Å². The van der Waals surface area contributed by atoms with Crippen LogP contribution in [0.3, 0.4) is 0 Å². The maximum absolute atomic E-state index is 10.8.